The summed E-state index contributed by atoms with van der Waals surface area (Å²) in [5.41, 5.74) is 0.546. The molecule has 0 radical (unpaired) electrons. The number of amides is 1. The number of rotatable bonds is 10. The van der Waals surface area contributed by atoms with Gasteiger partial charge in [0, 0.05) is 12.0 Å². The van der Waals surface area contributed by atoms with E-state index in [4.69, 9.17) is 22.1 Å². The summed E-state index contributed by atoms with van der Waals surface area (Å²) in [6.45, 7) is 2.42. The normalized spacial score (nSPS) is 16.5. The van der Waals surface area contributed by atoms with Gasteiger partial charge >= 0.3 is 12.1 Å². The monoisotopic (exact) mass is 481 g/mol. The van der Waals surface area contributed by atoms with Crippen LogP contribution in [0, 0.1) is 5.82 Å². The zero-order valence-corrected chi connectivity index (χ0v) is 18.5. The number of aliphatic carboxylic acids is 1. The molecule has 1 saturated heterocycles. The fourth-order valence-electron chi connectivity index (χ4n) is 2.95. The number of carboxylic acids is 1. The Labute approximate surface area is 191 Å². The van der Waals surface area contributed by atoms with Gasteiger partial charge in [0.25, 0.3) is 0 Å². The summed E-state index contributed by atoms with van der Waals surface area (Å²) in [5.74, 6) is -1.74. The molecule has 0 aliphatic carbocycles. The molecule has 10 nitrogen and oxygen atoms in total. The lowest BCUT2D eigenvalue weighted by molar-refractivity contribution is -0.140. The average Bonchev–Trinajstić information content (AvgIpc) is 3.35. The highest BCUT2D eigenvalue weighted by Crippen LogP contribution is 2.30. The minimum atomic E-state index is -1.15. The van der Waals surface area contributed by atoms with E-state index in [9.17, 15) is 18.8 Å². The molecule has 2 atom stereocenters. The maximum atomic E-state index is 14.8. The van der Waals surface area contributed by atoms with E-state index < -0.39 is 30.0 Å². The number of hydrogen-bond acceptors (Lipinski definition) is 9. The van der Waals surface area contributed by atoms with Crippen LogP contribution in [0.4, 0.5) is 14.9 Å². The second-order valence-corrected chi connectivity index (χ2v) is 8.57. The lowest BCUT2D eigenvalue weighted by Crippen LogP contribution is -2.36. The summed E-state index contributed by atoms with van der Waals surface area (Å²) >= 11 is 6.03. The van der Waals surface area contributed by atoms with E-state index in [1.165, 1.54) is 17.0 Å². The largest absolute Gasteiger partial charge is 0.480 e. The molecule has 1 aromatic carbocycles. The highest BCUT2D eigenvalue weighted by molar-refractivity contribution is 7.80. The Kier molecular flexibility index (Phi) is 7.77. The summed E-state index contributed by atoms with van der Waals surface area (Å²) in [4.78, 5) is 35.7. The molecule has 1 amide bonds. The molecule has 0 saturated carbocycles. The number of nitrogens with one attached hydrogen (secondary N) is 2. The standard InChI is InChI=1S/C19H20FN5O5S2/c1-10(31)21-7-12-9-25(19(29)30-12)11-2-3-13(14(20)6-11)17-24-23-16(32-17)8-22-15(4-5-26)18(27)28/h2-3,5-6,12,15,22H,4,7-9H2,1H3,(H,21,31)(H,27,28)/t12-,15?/m0/s1. The van der Waals surface area contributed by atoms with Crippen molar-refractivity contribution in [1.82, 2.24) is 20.8 Å². The Bertz CT molecular complexity index is 1030. The molecular formula is C19H20FN5O5S2. The van der Waals surface area contributed by atoms with Crippen molar-refractivity contribution in [3.63, 3.8) is 0 Å². The number of carboxylic acid groups (broad SMARTS) is 1. The molecule has 32 heavy (non-hydrogen) atoms. The first-order valence-corrected chi connectivity index (χ1v) is 10.8. The van der Waals surface area contributed by atoms with Crippen molar-refractivity contribution in [2.75, 3.05) is 18.0 Å². The number of aromatic nitrogens is 2. The maximum Gasteiger partial charge on any atom is 0.414 e. The van der Waals surface area contributed by atoms with Crippen LogP contribution < -0.4 is 15.5 Å². The summed E-state index contributed by atoms with van der Waals surface area (Å²) in [7, 11) is 0. The minimum absolute atomic E-state index is 0.0679. The van der Waals surface area contributed by atoms with Gasteiger partial charge in [-0.15, -0.1) is 10.2 Å². The maximum absolute atomic E-state index is 14.8. The molecule has 2 heterocycles. The van der Waals surface area contributed by atoms with E-state index in [-0.39, 0.29) is 25.1 Å². The molecular weight excluding hydrogens is 461 g/mol. The molecule has 3 N–H and O–H groups in total. The van der Waals surface area contributed by atoms with Crippen LogP contribution in [0.2, 0.25) is 0 Å². The number of cyclic esters (lactones) is 1. The van der Waals surface area contributed by atoms with Gasteiger partial charge in [-0.25, -0.2) is 9.18 Å². The molecule has 170 valence electrons. The van der Waals surface area contributed by atoms with Crippen molar-refractivity contribution in [3.05, 3.63) is 29.0 Å². The number of thiocarbonyl (C=S) groups is 1. The van der Waals surface area contributed by atoms with E-state index >= 15 is 0 Å². The molecule has 1 aromatic heterocycles. The van der Waals surface area contributed by atoms with Crippen LogP contribution in [0.1, 0.15) is 18.4 Å². The number of anilines is 1. The van der Waals surface area contributed by atoms with Gasteiger partial charge in [0.15, 0.2) is 5.01 Å². The number of ether oxygens (including phenoxy) is 1. The topological polar surface area (TPSA) is 134 Å². The van der Waals surface area contributed by atoms with Gasteiger partial charge in [0.05, 0.1) is 30.3 Å². The first kappa shape index (κ1) is 23.6. The van der Waals surface area contributed by atoms with Crippen molar-refractivity contribution < 1.29 is 28.6 Å². The van der Waals surface area contributed by atoms with Crippen LogP contribution in [0.15, 0.2) is 18.2 Å². The molecule has 1 aliphatic heterocycles. The molecule has 2 aromatic rings. The molecule has 13 heteroatoms. The van der Waals surface area contributed by atoms with Crippen molar-refractivity contribution in [1.29, 1.82) is 0 Å². The summed E-state index contributed by atoms with van der Waals surface area (Å²) in [5, 5.41) is 23.3. The van der Waals surface area contributed by atoms with Crippen LogP contribution in [-0.2, 0) is 20.9 Å². The summed E-state index contributed by atoms with van der Waals surface area (Å²) in [6.07, 6.45) is -0.645. The fraction of sp³-hybridized carbons (Fsp3) is 0.368. The zero-order chi connectivity index (χ0) is 23.3. The van der Waals surface area contributed by atoms with Gasteiger partial charge in [0.1, 0.15) is 29.3 Å². The first-order chi connectivity index (χ1) is 15.3. The SMILES string of the molecule is CC(=S)NC[C@H]1CN(c2ccc(-c3nnc(CNC(CC=O)C(=O)O)s3)c(F)c2)C(=O)O1. The van der Waals surface area contributed by atoms with Gasteiger partial charge in [-0.3, -0.25) is 15.0 Å². The van der Waals surface area contributed by atoms with Crippen molar-refractivity contribution in [2.24, 2.45) is 0 Å². The average molecular weight is 482 g/mol. The van der Waals surface area contributed by atoms with Crippen molar-refractivity contribution in [3.8, 4) is 10.6 Å². The van der Waals surface area contributed by atoms with Crippen molar-refractivity contribution in [2.45, 2.75) is 32.0 Å². The van der Waals surface area contributed by atoms with Gasteiger partial charge in [-0.1, -0.05) is 23.6 Å². The number of halogens is 1. The highest BCUT2D eigenvalue weighted by atomic mass is 32.1. The number of benzene rings is 1. The van der Waals surface area contributed by atoms with E-state index in [0.29, 0.717) is 33.5 Å². The predicted molar refractivity (Wildman–Crippen MR) is 118 cm³/mol. The van der Waals surface area contributed by atoms with Gasteiger partial charge in [-0.05, 0) is 25.1 Å². The molecule has 1 fully saturated rings. The van der Waals surface area contributed by atoms with E-state index in [0.717, 1.165) is 11.3 Å². The Morgan fingerprint density at radius 3 is 2.94 bits per heavy atom. The zero-order valence-electron chi connectivity index (χ0n) is 16.9. The molecule has 0 spiro atoms. The third kappa shape index (κ3) is 5.81. The van der Waals surface area contributed by atoms with Gasteiger partial charge in [-0.2, -0.15) is 0 Å². The Balaban J connectivity index is 1.67. The Morgan fingerprint density at radius 1 is 1.50 bits per heavy atom. The molecule has 0 bridgehead atoms. The second kappa shape index (κ2) is 10.5. The Hall–Kier alpha value is -3.03. The number of carbonyl (C=O) groups excluding carboxylic acids is 2. The smallest absolute Gasteiger partial charge is 0.414 e. The van der Waals surface area contributed by atoms with Gasteiger partial charge < -0.3 is 20.0 Å². The fourth-order valence-corrected chi connectivity index (χ4v) is 3.85. The molecule has 1 unspecified atom stereocenters. The predicted octanol–water partition coefficient (Wildman–Crippen LogP) is 1.74. The van der Waals surface area contributed by atoms with Crippen LogP contribution in [0.25, 0.3) is 10.6 Å². The van der Waals surface area contributed by atoms with E-state index in [1.54, 1.807) is 13.0 Å². The third-order valence-electron chi connectivity index (χ3n) is 4.54. The van der Waals surface area contributed by atoms with Gasteiger partial charge in [0.2, 0.25) is 0 Å². The van der Waals surface area contributed by atoms with E-state index in [1.807, 2.05) is 0 Å². The first-order valence-electron chi connectivity index (χ1n) is 9.53. The lowest BCUT2D eigenvalue weighted by Gasteiger charge is -2.14. The van der Waals surface area contributed by atoms with Crippen LogP contribution >= 0.6 is 23.6 Å². The summed E-state index contributed by atoms with van der Waals surface area (Å²) < 4.78 is 20.1. The summed E-state index contributed by atoms with van der Waals surface area (Å²) in [6, 6.07) is 3.27. The highest BCUT2D eigenvalue weighted by Gasteiger charge is 2.32. The number of carbonyl (C=O) groups is 3. The minimum Gasteiger partial charge on any atom is -0.480 e. The second-order valence-electron chi connectivity index (χ2n) is 6.89. The van der Waals surface area contributed by atoms with Crippen molar-refractivity contribution >= 4 is 52.6 Å². The number of hydrogen-bond donors (Lipinski definition) is 3. The number of aldehydes is 1. The quantitative estimate of drug-likeness (QED) is 0.340. The van der Waals surface area contributed by atoms with E-state index in [2.05, 4.69) is 20.8 Å². The van der Waals surface area contributed by atoms with Crippen LogP contribution in [0.3, 0.4) is 0 Å². The lowest BCUT2D eigenvalue weighted by atomic mass is 10.2. The third-order valence-corrected chi connectivity index (χ3v) is 5.64. The Morgan fingerprint density at radius 2 is 2.28 bits per heavy atom. The molecule has 3 rings (SSSR count). The van der Waals surface area contributed by atoms with Crippen LogP contribution in [0.5, 0.6) is 0 Å². The van der Waals surface area contributed by atoms with Crippen LogP contribution in [-0.4, -0.2) is 63.9 Å². The molecule has 1 aliphatic rings. The number of nitrogens with zero attached hydrogens (tertiary/aromatic N) is 3.